The van der Waals surface area contributed by atoms with Crippen molar-refractivity contribution in [2.75, 3.05) is 14.2 Å². The summed E-state index contributed by atoms with van der Waals surface area (Å²) in [5.74, 6) is 0.331. The second-order valence-electron chi connectivity index (χ2n) is 8.20. The molecule has 0 bridgehead atoms. The second kappa shape index (κ2) is 9.91. The number of carbonyl (C=O) groups is 1. The largest absolute Gasteiger partial charge is 0.502 e. The van der Waals surface area contributed by atoms with Crippen LogP contribution in [-0.2, 0) is 11.2 Å². The molecule has 1 heterocycles. The van der Waals surface area contributed by atoms with Gasteiger partial charge in [0.25, 0.3) is 0 Å². The summed E-state index contributed by atoms with van der Waals surface area (Å²) < 4.78 is 24.7. The number of phenolic OH excluding ortho intramolecular Hbond substituents is 1. The fraction of sp³-hybridized carbons (Fsp3) is 0.214. The Morgan fingerprint density at radius 3 is 2.35 bits per heavy atom. The summed E-state index contributed by atoms with van der Waals surface area (Å²) >= 11 is 0. The highest BCUT2D eigenvalue weighted by Crippen LogP contribution is 2.45. The van der Waals surface area contributed by atoms with Gasteiger partial charge in [0.1, 0.15) is 11.6 Å². The van der Waals surface area contributed by atoms with Crippen LogP contribution in [0.25, 0.3) is 17.2 Å². The van der Waals surface area contributed by atoms with Crippen molar-refractivity contribution in [3.05, 3.63) is 88.5 Å². The van der Waals surface area contributed by atoms with Gasteiger partial charge in [-0.25, -0.2) is 4.39 Å². The van der Waals surface area contributed by atoms with Gasteiger partial charge in [0.2, 0.25) is 5.75 Å². The Labute approximate surface area is 198 Å². The Morgan fingerprint density at radius 1 is 1.03 bits per heavy atom. The number of methoxy groups -OCH3 is 2. The van der Waals surface area contributed by atoms with E-state index in [9.17, 15) is 14.3 Å². The number of benzene rings is 2. The number of carbonyl (C=O) groups excluding carboxylic acids is 1. The van der Waals surface area contributed by atoms with E-state index in [0.29, 0.717) is 30.8 Å². The van der Waals surface area contributed by atoms with Gasteiger partial charge in [0, 0.05) is 25.2 Å². The van der Waals surface area contributed by atoms with Crippen LogP contribution in [0.2, 0.25) is 0 Å². The maximum atomic E-state index is 14.2. The molecule has 0 saturated carbocycles. The number of aromatic nitrogens is 1. The van der Waals surface area contributed by atoms with Crippen molar-refractivity contribution in [1.82, 2.24) is 4.98 Å². The maximum Gasteiger partial charge on any atom is 0.200 e. The van der Waals surface area contributed by atoms with Gasteiger partial charge < -0.3 is 14.6 Å². The predicted molar refractivity (Wildman–Crippen MR) is 130 cm³/mol. The topological polar surface area (TPSA) is 68.7 Å². The van der Waals surface area contributed by atoms with Crippen LogP contribution >= 0.6 is 0 Å². The molecule has 1 aliphatic rings. The number of phenols is 1. The lowest BCUT2D eigenvalue weighted by Gasteiger charge is -2.11. The number of Topliss-reactive ketones (excluding diaryl/α,β-unsaturated/α-hetero) is 1. The van der Waals surface area contributed by atoms with E-state index in [2.05, 4.69) is 4.98 Å². The fourth-order valence-electron chi connectivity index (χ4n) is 4.32. The van der Waals surface area contributed by atoms with E-state index in [1.54, 1.807) is 30.6 Å². The molecule has 34 heavy (non-hydrogen) atoms. The molecular weight excluding hydrogens is 433 g/mol. The van der Waals surface area contributed by atoms with Crippen LogP contribution in [-0.4, -0.2) is 30.1 Å². The van der Waals surface area contributed by atoms with Crippen molar-refractivity contribution in [3.63, 3.8) is 0 Å². The molecule has 0 saturated heterocycles. The number of halogens is 1. The predicted octanol–water partition coefficient (Wildman–Crippen LogP) is 5.86. The number of nitrogens with zero attached hydrogens (tertiary/aromatic N) is 1. The minimum absolute atomic E-state index is 0.0679. The lowest BCUT2D eigenvalue weighted by molar-refractivity contribution is -0.118. The summed E-state index contributed by atoms with van der Waals surface area (Å²) in [5.41, 5.74) is 6.29. The summed E-state index contributed by atoms with van der Waals surface area (Å²) in [6.07, 6.45) is 6.54. The first-order chi connectivity index (χ1) is 16.4. The average Bonchev–Trinajstić information content (AvgIpc) is 3.09. The van der Waals surface area contributed by atoms with Crippen LogP contribution in [0, 0.1) is 5.82 Å². The summed E-state index contributed by atoms with van der Waals surface area (Å²) in [7, 11) is 2.95. The first-order valence-corrected chi connectivity index (χ1v) is 11.0. The summed E-state index contributed by atoms with van der Waals surface area (Å²) in [4.78, 5) is 16.6. The van der Waals surface area contributed by atoms with E-state index in [4.69, 9.17) is 9.47 Å². The first-order valence-electron chi connectivity index (χ1n) is 11.0. The fourth-order valence-corrected chi connectivity index (χ4v) is 4.32. The third-order valence-electron chi connectivity index (χ3n) is 6.07. The van der Waals surface area contributed by atoms with E-state index in [1.807, 2.05) is 25.1 Å². The lowest BCUT2D eigenvalue weighted by Crippen LogP contribution is -2.03. The molecule has 1 aromatic heterocycles. The Morgan fingerprint density at radius 2 is 1.71 bits per heavy atom. The molecule has 3 aromatic rings. The molecule has 1 aliphatic carbocycles. The Hall–Kier alpha value is -3.93. The van der Waals surface area contributed by atoms with Gasteiger partial charge in [0.05, 0.1) is 14.2 Å². The lowest BCUT2D eigenvalue weighted by atomic mass is 9.98. The van der Waals surface area contributed by atoms with Gasteiger partial charge in [-0.3, -0.25) is 9.78 Å². The van der Waals surface area contributed by atoms with Crippen molar-refractivity contribution in [2.24, 2.45) is 0 Å². The molecule has 0 radical (unpaired) electrons. The van der Waals surface area contributed by atoms with Gasteiger partial charge >= 0.3 is 0 Å². The van der Waals surface area contributed by atoms with Crippen molar-refractivity contribution in [3.8, 4) is 17.2 Å². The summed E-state index contributed by atoms with van der Waals surface area (Å²) in [6, 6.07) is 11.8. The van der Waals surface area contributed by atoms with Crippen LogP contribution in [0.1, 0.15) is 42.0 Å². The molecule has 174 valence electrons. The van der Waals surface area contributed by atoms with E-state index in [1.165, 1.54) is 26.4 Å². The van der Waals surface area contributed by atoms with E-state index < -0.39 is 0 Å². The molecule has 0 fully saturated rings. The normalized spacial score (nSPS) is 13.8. The number of ether oxygens (including phenoxy) is 2. The Bertz CT molecular complexity index is 1270. The molecule has 0 aliphatic heterocycles. The van der Waals surface area contributed by atoms with Crippen LogP contribution in [0.5, 0.6) is 17.2 Å². The molecule has 5 nitrogen and oxygen atoms in total. The number of fused-ring (bicyclic) bond motifs is 1. The molecule has 1 N–H and O–H groups in total. The van der Waals surface area contributed by atoms with Crippen LogP contribution in [0.15, 0.2) is 60.4 Å². The molecule has 0 spiro atoms. The van der Waals surface area contributed by atoms with Crippen molar-refractivity contribution >= 4 is 23.0 Å². The van der Waals surface area contributed by atoms with Crippen molar-refractivity contribution < 1.29 is 23.8 Å². The average molecular weight is 460 g/mol. The van der Waals surface area contributed by atoms with Gasteiger partial charge in [-0.05, 0) is 94.8 Å². The van der Waals surface area contributed by atoms with Crippen LogP contribution in [0.4, 0.5) is 4.39 Å². The van der Waals surface area contributed by atoms with Crippen LogP contribution < -0.4 is 9.47 Å². The third kappa shape index (κ3) is 4.71. The number of pyridine rings is 1. The molecular formula is C28H26FNO4. The standard InChI is InChI=1S/C28H26FNO4/c1-17-22(7-5-21(31)12-18-8-10-30-11-9-18)25-16-20(29)4-6-23(25)24(17)13-19-14-26(33-2)28(32)27(15-19)34-3/h4,6,8-11,13-16,32H,5,7,12H2,1-3H3. The van der Waals surface area contributed by atoms with Gasteiger partial charge in [0.15, 0.2) is 11.5 Å². The molecule has 0 unspecified atom stereocenters. The summed E-state index contributed by atoms with van der Waals surface area (Å²) in [6.45, 7) is 1.99. The molecule has 0 atom stereocenters. The van der Waals surface area contributed by atoms with Gasteiger partial charge in [-0.2, -0.15) is 0 Å². The highest BCUT2D eigenvalue weighted by atomic mass is 19.1. The zero-order valence-electron chi connectivity index (χ0n) is 19.4. The van der Waals surface area contributed by atoms with E-state index in [-0.39, 0.29) is 17.3 Å². The van der Waals surface area contributed by atoms with E-state index >= 15 is 0 Å². The first kappa shape index (κ1) is 23.2. The van der Waals surface area contributed by atoms with Gasteiger partial charge in [-0.1, -0.05) is 6.07 Å². The highest BCUT2D eigenvalue weighted by Gasteiger charge is 2.25. The minimum atomic E-state index is -0.318. The summed E-state index contributed by atoms with van der Waals surface area (Å²) in [5, 5.41) is 10.2. The number of hydrogen-bond acceptors (Lipinski definition) is 5. The quantitative estimate of drug-likeness (QED) is 0.457. The molecule has 4 rings (SSSR count). The smallest absolute Gasteiger partial charge is 0.200 e. The molecule has 0 amide bonds. The monoisotopic (exact) mass is 459 g/mol. The SMILES string of the molecule is COc1cc(C=C2C(C)=C(CCC(=O)Cc3ccncc3)c3cc(F)ccc32)cc(OC)c1O. The Kier molecular flexibility index (Phi) is 6.77. The third-order valence-corrected chi connectivity index (χ3v) is 6.07. The number of hydrogen-bond donors (Lipinski definition) is 1. The molecule has 2 aromatic carbocycles. The highest BCUT2D eigenvalue weighted by molar-refractivity contribution is 6.05. The maximum absolute atomic E-state index is 14.2. The second-order valence-corrected chi connectivity index (χ2v) is 8.20. The number of allylic oxidation sites excluding steroid dienone is 3. The van der Waals surface area contributed by atoms with Gasteiger partial charge in [-0.15, -0.1) is 0 Å². The zero-order chi connectivity index (χ0) is 24.2. The number of aromatic hydroxyl groups is 1. The zero-order valence-corrected chi connectivity index (χ0v) is 19.4. The van der Waals surface area contributed by atoms with Crippen molar-refractivity contribution in [1.29, 1.82) is 0 Å². The minimum Gasteiger partial charge on any atom is -0.502 e. The Balaban J connectivity index is 1.67. The number of rotatable bonds is 8. The number of ketones is 1. The van der Waals surface area contributed by atoms with E-state index in [0.717, 1.165) is 39.0 Å². The van der Waals surface area contributed by atoms with Crippen molar-refractivity contribution in [2.45, 2.75) is 26.2 Å². The van der Waals surface area contributed by atoms with Crippen LogP contribution in [0.3, 0.4) is 0 Å². The molecule has 6 heteroatoms.